The monoisotopic (exact) mass is 353 g/mol. The van der Waals surface area contributed by atoms with E-state index in [0.29, 0.717) is 28.4 Å². The molecule has 3 aromatic rings. The average molecular weight is 353 g/mol. The molecule has 2 N–H and O–H groups in total. The minimum atomic E-state index is -1.22. The minimum absolute atomic E-state index is 0.0664. The van der Waals surface area contributed by atoms with Crippen molar-refractivity contribution in [3.05, 3.63) is 70.9 Å². The molecule has 2 aromatic heterocycles. The maximum atomic E-state index is 12.6. The Morgan fingerprint density at radius 3 is 2.38 bits per heavy atom. The van der Waals surface area contributed by atoms with Gasteiger partial charge in [-0.2, -0.15) is 0 Å². The standard InChI is InChI=1S/C21H23NO4/c1-13-10-18(15(3)25-13)21(4,24)12-22-20(23)17-11-19(26-14(17)2)16-8-6-5-7-9-16/h5-11,24H,12H2,1-4H3,(H,22,23). The third-order valence-corrected chi connectivity index (χ3v) is 4.44. The number of carbonyl (C=O) groups is 1. The van der Waals surface area contributed by atoms with Crippen LogP contribution in [-0.2, 0) is 5.60 Å². The quantitative estimate of drug-likeness (QED) is 0.724. The molecular formula is C21H23NO4. The topological polar surface area (TPSA) is 75.6 Å². The van der Waals surface area contributed by atoms with E-state index in [2.05, 4.69) is 5.32 Å². The molecular weight excluding hydrogens is 330 g/mol. The average Bonchev–Trinajstić information content (AvgIpc) is 3.16. The van der Waals surface area contributed by atoms with Gasteiger partial charge in [-0.05, 0) is 39.8 Å². The van der Waals surface area contributed by atoms with E-state index in [4.69, 9.17) is 8.83 Å². The number of hydrogen-bond acceptors (Lipinski definition) is 4. The van der Waals surface area contributed by atoms with Crippen LogP contribution in [0.1, 0.15) is 40.1 Å². The molecule has 1 unspecified atom stereocenters. The highest BCUT2D eigenvalue weighted by Gasteiger charge is 2.29. The lowest BCUT2D eigenvalue weighted by molar-refractivity contribution is 0.0513. The maximum Gasteiger partial charge on any atom is 0.254 e. The molecule has 0 spiro atoms. The molecule has 0 radical (unpaired) electrons. The zero-order valence-corrected chi connectivity index (χ0v) is 15.4. The fraction of sp³-hybridized carbons (Fsp3) is 0.286. The minimum Gasteiger partial charge on any atom is -0.466 e. The van der Waals surface area contributed by atoms with E-state index in [-0.39, 0.29) is 12.5 Å². The number of rotatable bonds is 5. The van der Waals surface area contributed by atoms with Crippen LogP contribution < -0.4 is 5.32 Å². The van der Waals surface area contributed by atoms with Crippen molar-refractivity contribution in [2.75, 3.05) is 6.54 Å². The van der Waals surface area contributed by atoms with Gasteiger partial charge in [-0.15, -0.1) is 0 Å². The summed E-state index contributed by atoms with van der Waals surface area (Å²) in [4.78, 5) is 12.6. The molecule has 0 fully saturated rings. The molecule has 1 aromatic carbocycles. The molecule has 5 nitrogen and oxygen atoms in total. The van der Waals surface area contributed by atoms with Gasteiger partial charge in [0.1, 0.15) is 28.6 Å². The molecule has 0 saturated carbocycles. The summed E-state index contributed by atoms with van der Waals surface area (Å²) in [5.74, 6) is 2.26. The van der Waals surface area contributed by atoms with Gasteiger partial charge in [0.25, 0.3) is 5.91 Å². The van der Waals surface area contributed by atoms with Crippen LogP contribution in [0, 0.1) is 20.8 Å². The molecule has 0 aliphatic heterocycles. The molecule has 0 aliphatic rings. The van der Waals surface area contributed by atoms with E-state index in [0.717, 1.165) is 11.3 Å². The van der Waals surface area contributed by atoms with Crippen LogP contribution in [0.25, 0.3) is 11.3 Å². The van der Waals surface area contributed by atoms with Gasteiger partial charge in [-0.3, -0.25) is 4.79 Å². The van der Waals surface area contributed by atoms with Gasteiger partial charge < -0.3 is 19.3 Å². The lowest BCUT2D eigenvalue weighted by atomic mass is 9.96. The lowest BCUT2D eigenvalue weighted by Crippen LogP contribution is -2.38. The van der Waals surface area contributed by atoms with Crippen LogP contribution in [0.3, 0.4) is 0 Å². The van der Waals surface area contributed by atoms with Crippen LogP contribution in [0.4, 0.5) is 0 Å². The second kappa shape index (κ2) is 6.84. The fourth-order valence-electron chi connectivity index (χ4n) is 3.06. The van der Waals surface area contributed by atoms with E-state index >= 15 is 0 Å². The Kier molecular flexibility index (Phi) is 4.74. The molecule has 3 rings (SSSR count). The van der Waals surface area contributed by atoms with Crippen molar-refractivity contribution in [1.82, 2.24) is 5.32 Å². The van der Waals surface area contributed by atoms with Crippen molar-refractivity contribution in [3.8, 4) is 11.3 Å². The number of aryl methyl sites for hydroxylation is 3. The zero-order valence-electron chi connectivity index (χ0n) is 15.4. The highest BCUT2D eigenvalue weighted by atomic mass is 16.3. The predicted molar refractivity (Wildman–Crippen MR) is 99.0 cm³/mol. The van der Waals surface area contributed by atoms with Gasteiger partial charge in [-0.25, -0.2) is 0 Å². The number of benzene rings is 1. The Bertz CT molecular complexity index is 919. The van der Waals surface area contributed by atoms with Crippen molar-refractivity contribution < 1.29 is 18.7 Å². The van der Waals surface area contributed by atoms with E-state index in [1.165, 1.54) is 0 Å². The third kappa shape index (κ3) is 3.58. The number of furan rings is 2. The van der Waals surface area contributed by atoms with Crippen molar-refractivity contribution in [1.29, 1.82) is 0 Å². The third-order valence-electron chi connectivity index (χ3n) is 4.44. The van der Waals surface area contributed by atoms with E-state index in [1.807, 2.05) is 37.3 Å². The Balaban J connectivity index is 1.74. The fourth-order valence-corrected chi connectivity index (χ4v) is 3.06. The van der Waals surface area contributed by atoms with Gasteiger partial charge >= 0.3 is 0 Å². The van der Waals surface area contributed by atoms with Crippen LogP contribution >= 0.6 is 0 Å². The van der Waals surface area contributed by atoms with E-state index in [1.54, 1.807) is 32.9 Å². The van der Waals surface area contributed by atoms with Crippen molar-refractivity contribution in [2.45, 2.75) is 33.3 Å². The molecule has 26 heavy (non-hydrogen) atoms. The number of nitrogens with one attached hydrogen (secondary N) is 1. The predicted octanol–water partition coefficient (Wildman–Crippen LogP) is 4.10. The first-order valence-corrected chi connectivity index (χ1v) is 8.52. The molecule has 1 atom stereocenters. The second-order valence-electron chi connectivity index (χ2n) is 6.73. The molecule has 136 valence electrons. The van der Waals surface area contributed by atoms with Crippen molar-refractivity contribution >= 4 is 5.91 Å². The Morgan fingerprint density at radius 2 is 1.77 bits per heavy atom. The molecule has 5 heteroatoms. The summed E-state index contributed by atoms with van der Waals surface area (Å²) in [5, 5.41) is 13.5. The Hall–Kier alpha value is -2.79. The number of amides is 1. The summed E-state index contributed by atoms with van der Waals surface area (Å²) >= 11 is 0. The van der Waals surface area contributed by atoms with Gasteiger partial charge in [0.05, 0.1) is 12.1 Å². The van der Waals surface area contributed by atoms with Gasteiger partial charge in [-0.1, -0.05) is 30.3 Å². The summed E-state index contributed by atoms with van der Waals surface area (Å²) in [7, 11) is 0. The maximum absolute atomic E-state index is 12.6. The second-order valence-corrected chi connectivity index (χ2v) is 6.73. The normalized spacial score (nSPS) is 13.4. The molecule has 2 heterocycles. The van der Waals surface area contributed by atoms with Crippen molar-refractivity contribution in [2.24, 2.45) is 0 Å². The largest absolute Gasteiger partial charge is 0.466 e. The van der Waals surface area contributed by atoms with Crippen LogP contribution in [-0.4, -0.2) is 17.6 Å². The number of carbonyl (C=O) groups excluding carboxylic acids is 1. The highest BCUT2D eigenvalue weighted by Crippen LogP contribution is 2.27. The first-order chi connectivity index (χ1) is 12.3. The van der Waals surface area contributed by atoms with Gasteiger partial charge in [0, 0.05) is 11.1 Å². The van der Waals surface area contributed by atoms with E-state index < -0.39 is 5.60 Å². The molecule has 1 amide bonds. The molecule has 0 saturated heterocycles. The molecule has 0 bridgehead atoms. The SMILES string of the molecule is Cc1cc(C(C)(O)CNC(=O)c2cc(-c3ccccc3)oc2C)c(C)o1. The first-order valence-electron chi connectivity index (χ1n) is 8.52. The lowest BCUT2D eigenvalue weighted by Gasteiger charge is -2.23. The van der Waals surface area contributed by atoms with Crippen LogP contribution in [0.15, 0.2) is 51.3 Å². The van der Waals surface area contributed by atoms with E-state index in [9.17, 15) is 9.90 Å². The highest BCUT2D eigenvalue weighted by molar-refractivity contribution is 5.96. The summed E-state index contributed by atoms with van der Waals surface area (Å²) in [5.41, 5.74) is 0.812. The van der Waals surface area contributed by atoms with Crippen molar-refractivity contribution in [3.63, 3.8) is 0 Å². The zero-order chi connectivity index (χ0) is 18.9. The number of aliphatic hydroxyl groups is 1. The smallest absolute Gasteiger partial charge is 0.254 e. The molecule has 0 aliphatic carbocycles. The summed E-state index contributed by atoms with van der Waals surface area (Å²) in [6.45, 7) is 7.10. The summed E-state index contributed by atoms with van der Waals surface area (Å²) < 4.78 is 11.2. The first kappa shape index (κ1) is 18.0. The van der Waals surface area contributed by atoms with Gasteiger partial charge in [0.2, 0.25) is 0 Å². The van der Waals surface area contributed by atoms with Crippen LogP contribution in [0.2, 0.25) is 0 Å². The summed E-state index contributed by atoms with van der Waals surface area (Å²) in [6, 6.07) is 13.1. The Labute approximate surface area is 152 Å². The summed E-state index contributed by atoms with van der Waals surface area (Å²) in [6.07, 6.45) is 0. The van der Waals surface area contributed by atoms with Crippen LogP contribution in [0.5, 0.6) is 0 Å². The Morgan fingerprint density at radius 1 is 1.08 bits per heavy atom. The number of hydrogen-bond donors (Lipinski definition) is 2. The van der Waals surface area contributed by atoms with Gasteiger partial charge in [0.15, 0.2) is 0 Å².